The van der Waals surface area contributed by atoms with Crippen molar-refractivity contribution in [3.05, 3.63) is 24.2 Å². The van der Waals surface area contributed by atoms with Gasteiger partial charge in [0.1, 0.15) is 5.76 Å². The van der Waals surface area contributed by atoms with Crippen LogP contribution in [0.4, 0.5) is 0 Å². The van der Waals surface area contributed by atoms with Crippen molar-refractivity contribution in [3.8, 4) is 0 Å². The monoisotopic (exact) mass is 264 g/mol. The van der Waals surface area contributed by atoms with Gasteiger partial charge in [0.05, 0.1) is 18.8 Å². The first-order valence-corrected chi connectivity index (χ1v) is 7.02. The van der Waals surface area contributed by atoms with Crippen LogP contribution >= 0.6 is 0 Å². The normalized spacial score (nSPS) is 23.2. The molecule has 106 valence electrons. The number of carbonyl (C=O) groups excluding carboxylic acids is 1. The molecule has 1 aromatic rings. The lowest BCUT2D eigenvalue weighted by Crippen LogP contribution is -2.45. The van der Waals surface area contributed by atoms with Gasteiger partial charge < -0.3 is 15.1 Å². The summed E-state index contributed by atoms with van der Waals surface area (Å²) in [6.07, 6.45) is 5.14. The number of rotatable bonds is 5. The number of nitrogens with one attached hydrogen (secondary N) is 2. The van der Waals surface area contributed by atoms with Gasteiger partial charge in [0, 0.05) is 6.04 Å². The lowest BCUT2D eigenvalue weighted by molar-refractivity contribution is -0.123. The molecule has 0 saturated heterocycles. The van der Waals surface area contributed by atoms with Crippen molar-refractivity contribution in [2.75, 3.05) is 0 Å². The maximum Gasteiger partial charge on any atom is 0.237 e. The molecule has 2 atom stereocenters. The van der Waals surface area contributed by atoms with Crippen LogP contribution < -0.4 is 10.6 Å². The van der Waals surface area contributed by atoms with Crippen molar-refractivity contribution in [2.24, 2.45) is 5.41 Å². The summed E-state index contributed by atoms with van der Waals surface area (Å²) in [6, 6.07) is 3.98. The molecule has 1 aliphatic carbocycles. The number of hydrogen-bond acceptors (Lipinski definition) is 3. The third-order valence-electron chi connectivity index (χ3n) is 3.86. The first kappa shape index (κ1) is 14.1. The molecule has 0 bridgehead atoms. The van der Waals surface area contributed by atoms with Gasteiger partial charge in [-0.1, -0.05) is 13.8 Å². The van der Waals surface area contributed by atoms with E-state index < -0.39 is 0 Å². The Morgan fingerprint density at radius 2 is 2.37 bits per heavy atom. The van der Waals surface area contributed by atoms with Crippen molar-refractivity contribution in [1.82, 2.24) is 10.6 Å². The minimum Gasteiger partial charge on any atom is -0.467 e. The molecule has 19 heavy (non-hydrogen) atoms. The number of carbonyl (C=O) groups is 1. The van der Waals surface area contributed by atoms with Crippen LogP contribution in [0.2, 0.25) is 0 Å². The molecule has 1 saturated carbocycles. The van der Waals surface area contributed by atoms with Crippen molar-refractivity contribution >= 4 is 5.91 Å². The molecule has 0 radical (unpaired) electrons. The molecule has 0 aromatic carbocycles. The quantitative estimate of drug-likeness (QED) is 0.859. The van der Waals surface area contributed by atoms with Crippen LogP contribution in [0.25, 0.3) is 0 Å². The standard InChI is InChI=1S/C15H24N2O2/c1-11(17-12-6-7-15(2,3)9-12)14(18)16-10-13-5-4-8-19-13/h4-5,8,11-12,17H,6-7,9-10H2,1-3H3,(H,16,18). The van der Waals surface area contributed by atoms with Crippen molar-refractivity contribution < 1.29 is 9.21 Å². The largest absolute Gasteiger partial charge is 0.467 e. The van der Waals surface area contributed by atoms with E-state index in [-0.39, 0.29) is 11.9 Å². The zero-order valence-corrected chi connectivity index (χ0v) is 12.0. The topological polar surface area (TPSA) is 54.3 Å². The van der Waals surface area contributed by atoms with Crippen LogP contribution in [0.3, 0.4) is 0 Å². The molecule has 2 unspecified atom stereocenters. The van der Waals surface area contributed by atoms with Crippen molar-refractivity contribution in [3.63, 3.8) is 0 Å². The van der Waals surface area contributed by atoms with Gasteiger partial charge in [0.15, 0.2) is 0 Å². The van der Waals surface area contributed by atoms with Crippen molar-refractivity contribution in [2.45, 2.75) is 58.7 Å². The van der Waals surface area contributed by atoms with E-state index in [2.05, 4.69) is 24.5 Å². The molecule has 2 N–H and O–H groups in total. The summed E-state index contributed by atoms with van der Waals surface area (Å²) in [5.74, 6) is 0.809. The molecule has 0 spiro atoms. The molecule has 1 fully saturated rings. The van der Waals surface area contributed by atoms with Crippen LogP contribution in [-0.4, -0.2) is 18.0 Å². The molecular formula is C15H24N2O2. The van der Waals surface area contributed by atoms with Gasteiger partial charge in [0.2, 0.25) is 5.91 Å². The highest BCUT2D eigenvalue weighted by Gasteiger charge is 2.32. The second-order valence-electron chi connectivity index (χ2n) is 6.29. The highest BCUT2D eigenvalue weighted by atomic mass is 16.3. The molecule has 1 amide bonds. The van der Waals surface area contributed by atoms with E-state index in [0.717, 1.165) is 18.6 Å². The minimum absolute atomic E-state index is 0.0288. The fourth-order valence-electron chi connectivity index (χ4n) is 2.75. The van der Waals surface area contributed by atoms with E-state index in [4.69, 9.17) is 4.42 Å². The van der Waals surface area contributed by atoms with Gasteiger partial charge in [-0.15, -0.1) is 0 Å². The highest BCUT2D eigenvalue weighted by molar-refractivity contribution is 5.81. The summed E-state index contributed by atoms with van der Waals surface area (Å²) in [7, 11) is 0. The average molecular weight is 264 g/mol. The van der Waals surface area contributed by atoms with E-state index in [1.165, 1.54) is 6.42 Å². The second-order valence-corrected chi connectivity index (χ2v) is 6.29. The molecule has 4 nitrogen and oxygen atoms in total. The third-order valence-corrected chi connectivity index (χ3v) is 3.86. The number of amides is 1. The first-order valence-electron chi connectivity index (χ1n) is 7.02. The molecule has 1 aliphatic rings. The summed E-state index contributed by atoms with van der Waals surface area (Å²) in [5, 5.41) is 6.31. The molecule has 2 rings (SSSR count). The fraction of sp³-hybridized carbons (Fsp3) is 0.667. The molecule has 1 heterocycles. The maximum atomic E-state index is 12.0. The molecule has 4 heteroatoms. The minimum atomic E-state index is -0.158. The van der Waals surface area contributed by atoms with Gasteiger partial charge in [-0.2, -0.15) is 0 Å². The van der Waals surface area contributed by atoms with Crippen LogP contribution in [0, 0.1) is 5.41 Å². The summed E-state index contributed by atoms with van der Waals surface area (Å²) in [6.45, 7) is 6.95. The van der Waals surface area contributed by atoms with Gasteiger partial charge in [-0.3, -0.25) is 4.79 Å². The van der Waals surface area contributed by atoms with Crippen LogP contribution in [0.5, 0.6) is 0 Å². The number of hydrogen-bond donors (Lipinski definition) is 2. The van der Waals surface area contributed by atoms with Crippen molar-refractivity contribution in [1.29, 1.82) is 0 Å². The first-order chi connectivity index (χ1) is 8.96. The van der Waals surface area contributed by atoms with Crippen LogP contribution in [0.15, 0.2) is 22.8 Å². The molecule has 0 aliphatic heterocycles. The Morgan fingerprint density at radius 1 is 1.58 bits per heavy atom. The summed E-state index contributed by atoms with van der Waals surface area (Å²) < 4.78 is 5.19. The summed E-state index contributed by atoms with van der Waals surface area (Å²) in [4.78, 5) is 12.0. The average Bonchev–Trinajstić information content (AvgIpc) is 2.95. The lowest BCUT2D eigenvalue weighted by atomic mass is 9.92. The van der Waals surface area contributed by atoms with Crippen LogP contribution in [-0.2, 0) is 11.3 Å². The van der Waals surface area contributed by atoms with E-state index in [9.17, 15) is 4.79 Å². The highest BCUT2D eigenvalue weighted by Crippen LogP contribution is 2.36. The van der Waals surface area contributed by atoms with Gasteiger partial charge in [-0.25, -0.2) is 0 Å². The smallest absolute Gasteiger partial charge is 0.237 e. The van der Waals surface area contributed by atoms with E-state index in [1.807, 2.05) is 19.1 Å². The Morgan fingerprint density at radius 3 is 2.95 bits per heavy atom. The van der Waals surface area contributed by atoms with Gasteiger partial charge >= 0.3 is 0 Å². The SMILES string of the molecule is CC(NC1CCC(C)(C)C1)C(=O)NCc1ccco1. The summed E-state index contributed by atoms with van der Waals surface area (Å²) >= 11 is 0. The van der Waals surface area contributed by atoms with E-state index in [1.54, 1.807) is 6.26 Å². The van der Waals surface area contributed by atoms with Crippen LogP contribution in [0.1, 0.15) is 45.8 Å². The predicted molar refractivity (Wildman–Crippen MR) is 74.6 cm³/mol. The Hall–Kier alpha value is -1.29. The Kier molecular flexibility index (Phi) is 4.30. The predicted octanol–water partition coefficient (Wildman–Crippen LogP) is 2.45. The van der Waals surface area contributed by atoms with Gasteiger partial charge in [0.25, 0.3) is 0 Å². The number of furan rings is 1. The summed E-state index contributed by atoms with van der Waals surface area (Å²) in [5.41, 5.74) is 0.405. The van der Waals surface area contributed by atoms with E-state index in [0.29, 0.717) is 18.0 Å². The Labute approximate surface area is 114 Å². The maximum absolute atomic E-state index is 12.0. The zero-order valence-electron chi connectivity index (χ0n) is 12.0. The van der Waals surface area contributed by atoms with Gasteiger partial charge in [-0.05, 0) is 43.7 Å². The van der Waals surface area contributed by atoms with E-state index >= 15 is 0 Å². The molecule has 1 aromatic heterocycles. The second kappa shape index (κ2) is 5.78. The fourth-order valence-corrected chi connectivity index (χ4v) is 2.75. The Balaban J connectivity index is 1.73. The zero-order chi connectivity index (χ0) is 13.9. The Bertz CT molecular complexity index is 412. The molecular weight excluding hydrogens is 240 g/mol. The third kappa shape index (κ3) is 4.10. The lowest BCUT2D eigenvalue weighted by Gasteiger charge is -2.21.